The van der Waals surface area contributed by atoms with Crippen molar-refractivity contribution in [1.29, 1.82) is 0 Å². The summed E-state index contributed by atoms with van der Waals surface area (Å²) < 4.78 is 19.0. The van der Waals surface area contributed by atoms with Gasteiger partial charge in [-0.3, -0.25) is 0 Å². The molecule has 5 rings (SSSR count). The average Bonchev–Trinajstić information content (AvgIpc) is 2.97. The first-order chi connectivity index (χ1) is 14.0. The van der Waals surface area contributed by atoms with Crippen molar-refractivity contribution < 1.29 is 19.3 Å². The second-order valence-corrected chi connectivity index (χ2v) is 9.48. The summed E-state index contributed by atoms with van der Waals surface area (Å²) in [5, 5.41) is 20.9. The van der Waals surface area contributed by atoms with Crippen LogP contribution in [0, 0.1) is 23.1 Å². The van der Waals surface area contributed by atoms with Crippen molar-refractivity contribution in [2.75, 3.05) is 0 Å². The molecule has 4 heteroatoms. The lowest BCUT2D eigenvalue weighted by molar-refractivity contribution is -0.0505. The van der Waals surface area contributed by atoms with Gasteiger partial charge in [-0.25, -0.2) is 4.39 Å². The molecular weight excluding hydrogens is 367 g/mol. The largest absolute Gasteiger partial charge is 0.489 e. The van der Waals surface area contributed by atoms with Crippen LogP contribution in [-0.4, -0.2) is 22.4 Å². The Hall–Kier alpha value is -1.91. The van der Waals surface area contributed by atoms with Crippen molar-refractivity contribution in [2.45, 2.75) is 63.8 Å². The summed E-state index contributed by atoms with van der Waals surface area (Å²) in [5.74, 6) is 2.08. The number of rotatable bonds is 3. The number of hydrogen-bond acceptors (Lipinski definition) is 3. The van der Waals surface area contributed by atoms with Crippen LogP contribution < -0.4 is 4.74 Å². The van der Waals surface area contributed by atoms with Gasteiger partial charge in [-0.2, -0.15) is 0 Å². The number of hydrogen-bond donors (Lipinski definition) is 2. The molecule has 0 bridgehead atoms. The number of aliphatic hydroxyl groups excluding tert-OH is 2. The van der Waals surface area contributed by atoms with E-state index in [1.807, 2.05) is 0 Å². The fourth-order valence-corrected chi connectivity index (χ4v) is 6.38. The minimum absolute atomic E-state index is 0.143. The van der Waals surface area contributed by atoms with E-state index in [4.69, 9.17) is 4.74 Å². The van der Waals surface area contributed by atoms with Crippen LogP contribution in [0.25, 0.3) is 0 Å². The van der Waals surface area contributed by atoms with Crippen LogP contribution in [0.15, 0.2) is 42.5 Å². The van der Waals surface area contributed by atoms with Crippen LogP contribution in [0.1, 0.15) is 55.2 Å². The molecule has 0 heterocycles. The summed E-state index contributed by atoms with van der Waals surface area (Å²) >= 11 is 0. The Bertz CT molecular complexity index is 895. The summed E-state index contributed by atoms with van der Waals surface area (Å²) in [6, 6.07) is 12.9. The summed E-state index contributed by atoms with van der Waals surface area (Å²) in [6.07, 6.45) is 3.74. The van der Waals surface area contributed by atoms with Crippen LogP contribution in [0.5, 0.6) is 5.75 Å². The number of fused-ring (bicyclic) bond motifs is 5. The first-order valence-corrected chi connectivity index (χ1v) is 10.8. The Labute approximate surface area is 171 Å². The molecule has 6 atom stereocenters. The Morgan fingerprint density at radius 3 is 2.69 bits per heavy atom. The van der Waals surface area contributed by atoms with Gasteiger partial charge in [-0.1, -0.05) is 25.1 Å². The summed E-state index contributed by atoms with van der Waals surface area (Å²) in [6.45, 7) is 2.61. The maximum absolute atomic E-state index is 13.1. The molecule has 2 fully saturated rings. The second kappa shape index (κ2) is 7.10. The minimum Gasteiger partial charge on any atom is -0.489 e. The van der Waals surface area contributed by atoms with Gasteiger partial charge >= 0.3 is 0 Å². The number of aliphatic hydroxyl groups is 2. The lowest BCUT2D eigenvalue weighted by Gasteiger charge is -2.49. The molecule has 3 nitrogen and oxygen atoms in total. The maximum Gasteiger partial charge on any atom is 0.123 e. The molecule has 0 radical (unpaired) electrons. The minimum atomic E-state index is -0.586. The third-order valence-corrected chi connectivity index (χ3v) is 7.99. The number of aryl methyl sites for hydroxylation is 1. The van der Waals surface area contributed by atoms with Crippen LogP contribution in [0.2, 0.25) is 0 Å². The van der Waals surface area contributed by atoms with Gasteiger partial charge in [-0.05, 0) is 96.2 Å². The van der Waals surface area contributed by atoms with Gasteiger partial charge in [0.2, 0.25) is 0 Å². The summed E-state index contributed by atoms with van der Waals surface area (Å²) in [7, 11) is 0. The van der Waals surface area contributed by atoms with Crippen molar-refractivity contribution in [1.82, 2.24) is 0 Å². The van der Waals surface area contributed by atoms with Gasteiger partial charge in [0.15, 0.2) is 0 Å². The molecular formula is C25H29FO3. The van der Waals surface area contributed by atoms with Crippen molar-refractivity contribution in [3.63, 3.8) is 0 Å². The average molecular weight is 397 g/mol. The molecule has 3 aliphatic rings. The third kappa shape index (κ3) is 3.17. The summed E-state index contributed by atoms with van der Waals surface area (Å²) in [4.78, 5) is 0. The fourth-order valence-electron chi connectivity index (χ4n) is 6.38. The highest BCUT2D eigenvalue weighted by Gasteiger charge is 2.57. The van der Waals surface area contributed by atoms with Gasteiger partial charge < -0.3 is 14.9 Å². The highest BCUT2D eigenvalue weighted by atomic mass is 19.1. The van der Waals surface area contributed by atoms with E-state index < -0.39 is 12.2 Å². The van der Waals surface area contributed by atoms with E-state index in [0.717, 1.165) is 43.4 Å². The smallest absolute Gasteiger partial charge is 0.123 e. The first-order valence-electron chi connectivity index (χ1n) is 10.8. The molecule has 0 spiro atoms. The van der Waals surface area contributed by atoms with Gasteiger partial charge in [0, 0.05) is 0 Å². The molecule has 2 aromatic carbocycles. The number of halogens is 1. The summed E-state index contributed by atoms with van der Waals surface area (Å²) in [5.41, 5.74) is 3.60. The quantitative estimate of drug-likeness (QED) is 0.798. The molecule has 154 valence electrons. The number of benzene rings is 2. The topological polar surface area (TPSA) is 49.7 Å². The van der Waals surface area contributed by atoms with E-state index in [1.54, 1.807) is 12.1 Å². The van der Waals surface area contributed by atoms with Gasteiger partial charge in [0.25, 0.3) is 0 Å². The monoisotopic (exact) mass is 396 g/mol. The van der Waals surface area contributed by atoms with E-state index in [0.29, 0.717) is 24.4 Å². The predicted molar refractivity (Wildman–Crippen MR) is 109 cm³/mol. The van der Waals surface area contributed by atoms with Crippen LogP contribution in [0.3, 0.4) is 0 Å². The van der Waals surface area contributed by atoms with E-state index in [2.05, 4.69) is 25.1 Å². The third-order valence-electron chi connectivity index (χ3n) is 7.99. The highest BCUT2D eigenvalue weighted by molar-refractivity contribution is 5.41. The van der Waals surface area contributed by atoms with Crippen LogP contribution in [-0.2, 0) is 13.0 Å². The van der Waals surface area contributed by atoms with Crippen molar-refractivity contribution >= 4 is 0 Å². The Morgan fingerprint density at radius 1 is 1.10 bits per heavy atom. The molecule has 29 heavy (non-hydrogen) atoms. The molecule has 0 aliphatic heterocycles. The van der Waals surface area contributed by atoms with E-state index in [9.17, 15) is 14.6 Å². The van der Waals surface area contributed by atoms with Crippen LogP contribution in [0.4, 0.5) is 4.39 Å². The molecule has 0 amide bonds. The molecule has 0 aromatic heterocycles. The SMILES string of the molecule is C[C@]12CCC3c4ccc(OCc5ccc(F)cc5)cc4CCC3C1C[C@@H](O)[C@@H]2O. The molecule has 2 N–H and O–H groups in total. The Morgan fingerprint density at radius 2 is 1.90 bits per heavy atom. The van der Waals surface area contributed by atoms with Gasteiger partial charge in [-0.15, -0.1) is 0 Å². The van der Waals surface area contributed by atoms with Crippen molar-refractivity contribution in [3.8, 4) is 5.75 Å². The zero-order valence-corrected chi connectivity index (χ0v) is 16.9. The molecule has 2 saturated carbocycles. The zero-order valence-electron chi connectivity index (χ0n) is 16.9. The standard InChI is InChI=1S/C25H29FO3/c1-25-11-10-20-19-9-7-18(29-14-15-2-5-17(26)6-3-15)12-16(19)4-8-21(20)22(25)13-23(27)24(25)28/h2-3,5-7,9,12,20-24,27-28H,4,8,10-11,13-14H2,1H3/t20?,21?,22?,23-,24+,25+/m1/s1. The Balaban J connectivity index is 1.33. The molecule has 2 aromatic rings. The van der Waals surface area contributed by atoms with Gasteiger partial charge in [0.05, 0.1) is 12.2 Å². The predicted octanol–water partition coefficient (Wildman–Crippen LogP) is 4.59. The second-order valence-electron chi connectivity index (χ2n) is 9.48. The fraction of sp³-hybridized carbons (Fsp3) is 0.520. The zero-order chi connectivity index (χ0) is 20.2. The van der Waals surface area contributed by atoms with E-state index in [1.165, 1.54) is 23.3 Å². The lowest BCUT2D eigenvalue weighted by Crippen LogP contribution is -2.44. The Kier molecular flexibility index (Phi) is 4.67. The van der Waals surface area contributed by atoms with E-state index in [-0.39, 0.29) is 11.2 Å². The van der Waals surface area contributed by atoms with Crippen LogP contribution >= 0.6 is 0 Å². The lowest BCUT2D eigenvalue weighted by atomic mass is 9.55. The van der Waals surface area contributed by atoms with Crippen molar-refractivity contribution in [3.05, 3.63) is 65.0 Å². The molecule has 0 saturated heterocycles. The molecule has 3 aliphatic carbocycles. The maximum atomic E-state index is 13.1. The first kappa shape index (κ1) is 19.1. The number of ether oxygens (including phenoxy) is 1. The normalized spacial score (nSPS) is 35.5. The molecule has 3 unspecified atom stereocenters. The van der Waals surface area contributed by atoms with E-state index >= 15 is 0 Å². The van der Waals surface area contributed by atoms with Gasteiger partial charge in [0.1, 0.15) is 18.2 Å². The van der Waals surface area contributed by atoms with Crippen molar-refractivity contribution in [2.24, 2.45) is 17.3 Å². The highest BCUT2D eigenvalue weighted by Crippen LogP contribution is 2.60.